The number of ether oxygens (including phenoxy) is 1. The van der Waals surface area contributed by atoms with Crippen LogP contribution in [0.1, 0.15) is 11.6 Å². The molecule has 4 nitrogen and oxygen atoms in total. The fourth-order valence-corrected chi connectivity index (χ4v) is 2.46. The molecule has 1 fully saturated rings. The molecule has 0 unspecified atom stereocenters. The topological polar surface area (TPSA) is 41.7 Å². The van der Waals surface area contributed by atoms with Gasteiger partial charge in [0, 0.05) is 38.8 Å². The van der Waals surface area contributed by atoms with Crippen molar-refractivity contribution in [1.82, 2.24) is 9.80 Å². The van der Waals surface area contributed by atoms with Crippen LogP contribution < -0.4 is 10.5 Å². The molecule has 0 radical (unpaired) electrons. The van der Waals surface area contributed by atoms with Crippen LogP contribution in [-0.4, -0.2) is 56.7 Å². The third-order valence-electron chi connectivity index (χ3n) is 3.70. The van der Waals surface area contributed by atoms with Gasteiger partial charge in [-0.15, -0.1) is 0 Å². The normalized spacial score (nSPS) is 19.7. The van der Waals surface area contributed by atoms with Crippen molar-refractivity contribution in [3.05, 3.63) is 29.8 Å². The lowest BCUT2D eigenvalue weighted by molar-refractivity contribution is 0.114. The van der Waals surface area contributed by atoms with Crippen LogP contribution in [0.2, 0.25) is 0 Å². The average Bonchev–Trinajstić information content (AvgIpc) is 2.42. The Labute approximate surface area is 109 Å². The van der Waals surface area contributed by atoms with Gasteiger partial charge in [-0.05, 0) is 24.7 Å². The molecule has 1 heterocycles. The predicted molar refractivity (Wildman–Crippen MR) is 73.9 cm³/mol. The number of benzene rings is 1. The molecule has 100 valence electrons. The first kappa shape index (κ1) is 13.3. The SMILES string of the molecule is COc1ccc([C@H](CN)N2CCN(C)CC2)cc1. The highest BCUT2D eigenvalue weighted by Gasteiger charge is 2.22. The van der Waals surface area contributed by atoms with Crippen molar-refractivity contribution in [2.75, 3.05) is 46.9 Å². The summed E-state index contributed by atoms with van der Waals surface area (Å²) in [5, 5.41) is 0. The van der Waals surface area contributed by atoms with Crippen molar-refractivity contribution in [3.8, 4) is 5.75 Å². The van der Waals surface area contributed by atoms with Crippen LogP contribution in [0.15, 0.2) is 24.3 Å². The summed E-state index contributed by atoms with van der Waals surface area (Å²) >= 11 is 0. The standard InChI is InChI=1S/C14H23N3O/c1-16-7-9-17(10-8-16)14(11-15)12-3-5-13(18-2)6-4-12/h3-6,14H,7-11,15H2,1-2H3/t14-/m0/s1. The quantitative estimate of drug-likeness (QED) is 0.862. The minimum atomic E-state index is 0.324. The number of methoxy groups -OCH3 is 1. The molecule has 1 aromatic rings. The Bertz CT molecular complexity index is 358. The molecule has 1 aliphatic heterocycles. The number of hydrogen-bond acceptors (Lipinski definition) is 4. The van der Waals surface area contributed by atoms with Crippen LogP contribution >= 0.6 is 0 Å². The third-order valence-corrected chi connectivity index (χ3v) is 3.70. The number of piperazine rings is 1. The fourth-order valence-electron chi connectivity index (χ4n) is 2.46. The van der Waals surface area contributed by atoms with E-state index in [0.717, 1.165) is 31.9 Å². The van der Waals surface area contributed by atoms with Crippen molar-refractivity contribution in [3.63, 3.8) is 0 Å². The molecule has 4 heteroatoms. The van der Waals surface area contributed by atoms with E-state index in [9.17, 15) is 0 Å². The molecule has 1 atom stereocenters. The van der Waals surface area contributed by atoms with Gasteiger partial charge in [0.15, 0.2) is 0 Å². The first-order valence-electron chi connectivity index (χ1n) is 6.51. The molecule has 1 aliphatic rings. The second-order valence-electron chi connectivity index (χ2n) is 4.86. The Morgan fingerprint density at radius 1 is 1.17 bits per heavy atom. The molecule has 0 aliphatic carbocycles. The van der Waals surface area contributed by atoms with Gasteiger partial charge in [-0.1, -0.05) is 12.1 Å². The van der Waals surface area contributed by atoms with E-state index in [1.807, 2.05) is 12.1 Å². The highest BCUT2D eigenvalue weighted by Crippen LogP contribution is 2.23. The van der Waals surface area contributed by atoms with E-state index < -0.39 is 0 Å². The number of nitrogens with zero attached hydrogens (tertiary/aromatic N) is 2. The first-order valence-corrected chi connectivity index (χ1v) is 6.51. The highest BCUT2D eigenvalue weighted by molar-refractivity contribution is 5.29. The van der Waals surface area contributed by atoms with E-state index in [0.29, 0.717) is 12.6 Å². The summed E-state index contributed by atoms with van der Waals surface area (Å²) in [7, 11) is 3.86. The van der Waals surface area contributed by atoms with Crippen molar-refractivity contribution in [2.45, 2.75) is 6.04 Å². The predicted octanol–water partition coefficient (Wildman–Crippen LogP) is 0.942. The summed E-state index contributed by atoms with van der Waals surface area (Å²) in [6.45, 7) is 5.07. The van der Waals surface area contributed by atoms with Gasteiger partial charge in [-0.25, -0.2) is 0 Å². The van der Waals surface area contributed by atoms with Gasteiger partial charge in [-0.3, -0.25) is 4.90 Å². The van der Waals surface area contributed by atoms with Gasteiger partial charge in [0.2, 0.25) is 0 Å². The second-order valence-corrected chi connectivity index (χ2v) is 4.86. The summed E-state index contributed by atoms with van der Waals surface area (Å²) in [6.07, 6.45) is 0. The lowest BCUT2D eigenvalue weighted by Crippen LogP contribution is -2.47. The Balaban J connectivity index is 2.07. The van der Waals surface area contributed by atoms with Crippen LogP contribution in [0, 0.1) is 0 Å². The molecule has 1 saturated heterocycles. The maximum absolute atomic E-state index is 5.95. The van der Waals surface area contributed by atoms with Gasteiger partial charge in [0.05, 0.1) is 7.11 Å². The highest BCUT2D eigenvalue weighted by atomic mass is 16.5. The molecule has 1 aromatic carbocycles. The number of hydrogen-bond donors (Lipinski definition) is 1. The zero-order chi connectivity index (χ0) is 13.0. The van der Waals surface area contributed by atoms with E-state index in [4.69, 9.17) is 10.5 Å². The van der Waals surface area contributed by atoms with E-state index in [1.165, 1.54) is 5.56 Å². The molecule has 0 amide bonds. The van der Waals surface area contributed by atoms with Crippen molar-refractivity contribution < 1.29 is 4.74 Å². The van der Waals surface area contributed by atoms with E-state index >= 15 is 0 Å². The van der Waals surface area contributed by atoms with Crippen LogP contribution in [0.5, 0.6) is 5.75 Å². The number of nitrogens with two attached hydrogens (primary N) is 1. The van der Waals surface area contributed by atoms with E-state index in [-0.39, 0.29) is 0 Å². The average molecular weight is 249 g/mol. The molecular formula is C14H23N3O. The van der Waals surface area contributed by atoms with Crippen molar-refractivity contribution in [1.29, 1.82) is 0 Å². The van der Waals surface area contributed by atoms with Crippen LogP contribution in [0.3, 0.4) is 0 Å². The van der Waals surface area contributed by atoms with Crippen LogP contribution in [-0.2, 0) is 0 Å². The van der Waals surface area contributed by atoms with Crippen molar-refractivity contribution >= 4 is 0 Å². The smallest absolute Gasteiger partial charge is 0.118 e. The third kappa shape index (κ3) is 3.02. The zero-order valence-corrected chi connectivity index (χ0v) is 11.3. The van der Waals surface area contributed by atoms with E-state index in [1.54, 1.807) is 7.11 Å². The van der Waals surface area contributed by atoms with Crippen molar-refractivity contribution in [2.24, 2.45) is 5.73 Å². The molecule has 2 rings (SSSR count). The number of likely N-dealkylation sites (N-methyl/N-ethyl adjacent to an activating group) is 1. The lowest BCUT2D eigenvalue weighted by Gasteiger charge is -2.37. The second kappa shape index (κ2) is 6.18. The summed E-state index contributed by atoms with van der Waals surface area (Å²) in [5.41, 5.74) is 7.23. The summed E-state index contributed by atoms with van der Waals surface area (Å²) in [6, 6.07) is 8.58. The first-order chi connectivity index (χ1) is 8.74. The molecule has 0 bridgehead atoms. The molecule has 0 saturated carbocycles. The lowest BCUT2D eigenvalue weighted by atomic mass is 10.0. The largest absolute Gasteiger partial charge is 0.497 e. The van der Waals surface area contributed by atoms with Crippen LogP contribution in [0.4, 0.5) is 0 Å². The summed E-state index contributed by atoms with van der Waals surface area (Å²) in [5.74, 6) is 0.896. The Kier molecular flexibility index (Phi) is 4.58. The zero-order valence-electron chi connectivity index (χ0n) is 11.3. The summed E-state index contributed by atoms with van der Waals surface area (Å²) in [4.78, 5) is 4.83. The summed E-state index contributed by atoms with van der Waals surface area (Å²) < 4.78 is 5.19. The maximum Gasteiger partial charge on any atom is 0.118 e. The Morgan fingerprint density at radius 3 is 2.28 bits per heavy atom. The van der Waals surface area contributed by atoms with E-state index in [2.05, 4.69) is 29.0 Å². The minimum Gasteiger partial charge on any atom is -0.497 e. The Morgan fingerprint density at radius 2 is 1.78 bits per heavy atom. The Hall–Kier alpha value is -1.10. The fraction of sp³-hybridized carbons (Fsp3) is 0.571. The van der Waals surface area contributed by atoms with Gasteiger partial charge >= 0.3 is 0 Å². The molecule has 0 aromatic heterocycles. The van der Waals surface area contributed by atoms with Gasteiger partial charge in [0.1, 0.15) is 5.75 Å². The molecule has 18 heavy (non-hydrogen) atoms. The molecule has 0 spiro atoms. The maximum atomic E-state index is 5.95. The molecular weight excluding hydrogens is 226 g/mol. The molecule has 2 N–H and O–H groups in total. The minimum absolute atomic E-state index is 0.324. The van der Waals surface area contributed by atoms with Gasteiger partial charge in [0.25, 0.3) is 0 Å². The van der Waals surface area contributed by atoms with Gasteiger partial charge < -0.3 is 15.4 Å². The van der Waals surface area contributed by atoms with Crippen LogP contribution in [0.25, 0.3) is 0 Å². The van der Waals surface area contributed by atoms with Gasteiger partial charge in [-0.2, -0.15) is 0 Å². The number of rotatable bonds is 4. The monoisotopic (exact) mass is 249 g/mol.